The molecular weight excluding hydrogens is 246 g/mol. The number of anilines is 1. The minimum atomic E-state index is 0.576. The SMILES string of the molecule is COc1ccccc1C1CC(Nc2ccc(C)cc2)C1. The predicted molar refractivity (Wildman–Crippen MR) is 83.6 cm³/mol. The van der Waals surface area contributed by atoms with Crippen LogP contribution in [-0.2, 0) is 0 Å². The number of aryl methyl sites for hydroxylation is 1. The average Bonchev–Trinajstić information content (AvgIpc) is 2.44. The molecule has 0 unspecified atom stereocenters. The summed E-state index contributed by atoms with van der Waals surface area (Å²) < 4.78 is 5.45. The van der Waals surface area contributed by atoms with Gasteiger partial charge in [-0.2, -0.15) is 0 Å². The lowest BCUT2D eigenvalue weighted by atomic mass is 9.75. The molecule has 104 valence electrons. The first-order valence-corrected chi connectivity index (χ1v) is 7.22. The van der Waals surface area contributed by atoms with Crippen LogP contribution in [0.25, 0.3) is 0 Å². The maximum Gasteiger partial charge on any atom is 0.122 e. The maximum absolute atomic E-state index is 5.45. The van der Waals surface area contributed by atoms with Crippen molar-refractivity contribution < 1.29 is 4.74 Å². The van der Waals surface area contributed by atoms with Crippen LogP contribution in [0.1, 0.15) is 29.9 Å². The third-order valence-electron chi connectivity index (χ3n) is 4.14. The minimum Gasteiger partial charge on any atom is -0.496 e. The molecule has 0 atom stereocenters. The van der Waals surface area contributed by atoms with Crippen molar-refractivity contribution >= 4 is 5.69 Å². The number of rotatable bonds is 4. The van der Waals surface area contributed by atoms with E-state index in [0.29, 0.717) is 12.0 Å². The zero-order chi connectivity index (χ0) is 13.9. The molecule has 3 rings (SSSR count). The quantitative estimate of drug-likeness (QED) is 0.888. The van der Waals surface area contributed by atoms with E-state index in [0.717, 1.165) is 5.75 Å². The fourth-order valence-electron chi connectivity index (χ4n) is 2.88. The van der Waals surface area contributed by atoms with Gasteiger partial charge in [0.15, 0.2) is 0 Å². The Morgan fingerprint density at radius 1 is 1.00 bits per heavy atom. The fraction of sp³-hybridized carbons (Fsp3) is 0.333. The molecule has 1 aliphatic carbocycles. The number of benzene rings is 2. The molecule has 0 spiro atoms. The van der Waals surface area contributed by atoms with Crippen molar-refractivity contribution in [1.29, 1.82) is 0 Å². The highest BCUT2D eigenvalue weighted by atomic mass is 16.5. The smallest absolute Gasteiger partial charge is 0.122 e. The number of hydrogen-bond donors (Lipinski definition) is 1. The van der Waals surface area contributed by atoms with Crippen LogP contribution in [0.15, 0.2) is 48.5 Å². The van der Waals surface area contributed by atoms with E-state index in [1.54, 1.807) is 7.11 Å². The Balaban J connectivity index is 1.60. The average molecular weight is 267 g/mol. The second-order valence-electron chi connectivity index (χ2n) is 5.62. The Kier molecular flexibility index (Phi) is 3.64. The molecule has 2 aromatic carbocycles. The predicted octanol–water partition coefficient (Wildman–Crippen LogP) is 4.36. The molecule has 1 N–H and O–H groups in total. The van der Waals surface area contributed by atoms with Crippen LogP contribution in [-0.4, -0.2) is 13.2 Å². The molecule has 0 bridgehead atoms. The number of ether oxygens (including phenoxy) is 1. The van der Waals surface area contributed by atoms with Crippen molar-refractivity contribution in [3.63, 3.8) is 0 Å². The van der Waals surface area contributed by atoms with Gasteiger partial charge in [0.2, 0.25) is 0 Å². The molecule has 20 heavy (non-hydrogen) atoms. The van der Waals surface area contributed by atoms with Gasteiger partial charge < -0.3 is 10.1 Å². The van der Waals surface area contributed by atoms with Gasteiger partial charge in [-0.05, 0) is 49.4 Å². The zero-order valence-electron chi connectivity index (χ0n) is 12.1. The molecule has 0 aliphatic heterocycles. The summed E-state index contributed by atoms with van der Waals surface area (Å²) in [5.41, 5.74) is 3.87. The summed E-state index contributed by atoms with van der Waals surface area (Å²) in [5, 5.41) is 3.60. The number of nitrogens with one attached hydrogen (secondary N) is 1. The minimum absolute atomic E-state index is 0.576. The van der Waals surface area contributed by atoms with Gasteiger partial charge in [-0.25, -0.2) is 0 Å². The first kappa shape index (κ1) is 13.0. The largest absolute Gasteiger partial charge is 0.496 e. The van der Waals surface area contributed by atoms with Gasteiger partial charge in [0.05, 0.1) is 7.11 Å². The third-order valence-corrected chi connectivity index (χ3v) is 4.14. The third kappa shape index (κ3) is 2.64. The van der Waals surface area contributed by atoms with Crippen LogP contribution in [0.3, 0.4) is 0 Å². The molecule has 0 saturated heterocycles. The fourth-order valence-corrected chi connectivity index (χ4v) is 2.88. The van der Waals surface area contributed by atoms with Crippen LogP contribution in [0.2, 0.25) is 0 Å². The molecule has 1 fully saturated rings. The first-order chi connectivity index (χ1) is 9.76. The standard InChI is InChI=1S/C18H21NO/c1-13-7-9-15(10-8-13)19-16-11-14(12-16)17-5-3-4-6-18(17)20-2/h3-10,14,16,19H,11-12H2,1-2H3. The second kappa shape index (κ2) is 5.58. The van der Waals surface area contributed by atoms with Crippen molar-refractivity contribution in [2.24, 2.45) is 0 Å². The van der Waals surface area contributed by atoms with Crippen molar-refractivity contribution in [2.75, 3.05) is 12.4 Å². The van der Waals surface area contributed by atoms with E-state index in [9.17, 15) is 0 Å². The summed E-state index contributed by atoms with van der Waals surface area (Å²) in [6.45, 7) is 2.12. The molecule has 2 heteroatoms. The van der Waals surface area contributed by atoms with Crippen LogP contribution < -0.4 is 10.1 Å². The number of para-hydroxylation sites is 1. The monoisotopic (exact) mass is 267 g/mol. The van der Waals surface area contributed by atoms with E-state index in [1.165, 1.54) is 29.7 Å². The van der Waals surface area contributed by atoms with E-state index in [-0.39, 0.29) is 0 Å². The Labute approximate surface area is 120 Å². The van der Waals surface area contributed by atoms with E-state index < -0.39 is 0 Å². The molecule has 2 aromatic rings. The lowest BCUT2D eigenvalue weighted by Crippen LogP contribution is -2.34. The maximum atomic E-state index is 5.45. The first-order valence-electron chi connectivity index (χ1n) is 7.22. The highest BCUT2D eigenvalue weighted by molar-refractivity contribution is 5.47. The Hall–Kier alpha value is -1.96. The van der Waals surface area contributed by atoms with Crippen LogP contribution in [0, 0.1) is 6.92 Å². The van der Waals surface area contributed by atoms with Gasteiger partial charge in [-0.1, -0.05) is 35.9 Å². The van der Waals surface area contributed by atoms with Crippen LogP contribution in [0.4, 0.5) is 5.69 Å². The summed E-state index contributed by atoms with van der Waals surface area (Å²) >= 11 is 0. The molecule has 0 radical (unpaired) electrons. The molecule has 1 aliphatic rings. The van der Waals surface area contributed by atoms with E-state index in [4.69, 9.17) is 4.74 Å². The van der Waals surface area contributed by atoms with Crippen molar-refractivity contribution in [1.82, 2.24) is 0 Å². The van der Waals surface area contributed by atoms with Gasteiger partial charge in [0.25, 0.3) is 0 Å². The zero-order valence-corrected chi connectivity index (χ0v) is 12.1. The molecule has 0 heterocycles. The molecular formula is C18H21NO. The Morgan fingerprint density at radius 2 is 1.70 bits per heavy atom. The van der Waals surface area contributed by atoms with Gasteiger partial charge in [-0.3, -0.25) is 0 Å². The summed E-state index contributed by atoms with van der Waals surface area (Å²) in [7, 11) is 1.75. The van der Waals surface area contributed by atoms with Crippen molar-refractivity contribution in [3.05, 3.63) is 59.7 Å². The summed E-state index contributed by atoms with van der Waals surface area (Å²) in [4.78, 5) is 0. The summed E-state index contributed by atoms with van der Waals surface area (Å²) in [6.07, 6.45) is 2.35. The van der Waals surface area contributed by atoms with Crippen molar-refractivity contribution in [2.45, 2.75) is 31.7 Å². The van der Waals surface area contributed by atoms with Gasteiger partial charge in [0, 0.05) is 11.7 Å². The topological polar surface area (TPSA) is 21.3 Å². The summed E-state index contributed by atoms with van der Waals surface area (Å²) in [5.74, 6) is 1.64. The molecule has 0 aromatic heterocycles. The highest BCUT2D eigenvalue weighted by Crippen LogP contribution is 2.42. The van der Waals surface area contributed by atoms with E-state index in [2.05, 4.69) is 54.7 Å². The molecule has 2 nitrogen and oxygen atoms in total. The van der Waals surface area contributed by atoms with Gasteiger partial charge in [-0.15, -0.1) is 0 Å². The van der Waals surface area contributed by atoms with Crippen LogP contribution in [0.5, 0.6) is 5.75 Å². The van der Waals surface area contributed by atoms with E-state index in [1.807, 2.05) is 6.07 Å². The number of methoxy groups -OCH3 is 1. The lowest BCUT2D eigenvalue weighted by molar-refractivity contribution is 0.350. The second-order valence-corrected chi connectivity index (χ2v) is 5.62. The lowest BCUT2D eigenvalue weighted by Gasteiger charge is -2.37. The Morgan fingerprint density at radius 3 is 2.40 bits per heavy atom. The van der Waals surface area contributed by atoms with Gasteiger partial charge >= 0.3 is 0 Å². The van der Waals surface area contributed by atoms with Crippen molar-refractivity contribution in [3.8, 4) is 5.75 Å². The number of hydrogen-bond acceptors (Lipinski definition) is 2. The normalized spacial score (nSPS) is 21.1. The highest BCUT2D eigenvalue weighted by Gasteiger charge is 2.31. The van der Waals surface area contributed by atoms with Crippen LogP contribution >= 0.6 is 0 Å². The summed E-state index contributed by atoms with van der Waals surface area (Å²) in [6, 6.07) is 17.6. The van der Waals surface area contributed by atoms with E-state index >= 15 is 0 Å². The van der Waals surface area contributed by atoms with Gasteiger partial charge in [0.1, 0.15) is 5.75 Å². The molecule has 1 saturated carbocycles. The Bertz CT molecular complexity index is 570. The molecule has 0 amide bonds.